The Labute approximate surface area is 202 Å². The van der Waals surface area contributed by atoms with Gasteiger partial charge in [-0.3, -0.25) is 14.4 Å². The van der Waals surface area contributed by atoms with Gasteiger partial charge < -0.3 is 4.74 Å². The van der Waals surface area contributed by atoms with Crippen LogP contribution in [-0.2, 0) is 19.1 Å². The van der Waals surface area contributed by atoms with Crippen LogP contribution in [0.5, 0.6) is 0 Å². The molecular weight excluding hydrogens is 424 g/mol. The van der Waals surface area contributed by atoms with Crippen molar-refractivity contribution in [3.05, 3.63) is 59.2 Å². The molecule has 4 aliphatic carbocycles. The fourth-order valence-electron chi connectivity index (χ4n) is 8.12. The number of hydrogen-bond donors (Lipinski definition) is 0. The van der Waals surface area contributed by atoms with Crippen LogP contribution in [0.15, 0.2) is 53.6 Å². The van der Waals surface area contributed by atoms with Crippen molar-refractivity contribution < 1.29 is 19.1 Å². The van der Waals surface area contributed by atoms with E-state index in [1.807, 2.05) is 12.1 Å². The van der Waals surface area contributed by atoms with Gasteiger partial charge in [-0.1, -0.05) is 68.3 Å². The zero-order chi connectivity index (χ0) is 24.3. The summed E-state index contributed by atoms with van der Waals surface area (Å²) in [6.07, 6.45) is 9.66. The van der Waals surface area contributed by atoms with Gasteiger partial charge in [0.25, 0.3) is 0 Å². The summed E-state index contributed by atoms with van der Waals surface area (Å²) in [5.41, 5.74) is 3.13. The molecule has 0 radical (unpaired) electrons. The summed E-state index contributed by atoms with van der Waals surface area (Å²) in [6.45, 7) is 7.97. The number of rotatable bonds is 4. The molecule has 0 heterocycles. The minimum Gasteiger partial charge on any atom is -0.458 e. The first-order valence-corrected chi connectivity index (χ1v) is 12.8. The normalized spacial score (nSPS) is 38.7. The van der Waals surface area contributed by atoms with E-state index in [4.69, 9.17) is 4.74 Å². The molecule has 2 unspecified atom stereocenters. The van der Waals surface area contributed by atoms with Gasteiger partial charge in [-0.15, -0.1) is 0 Å². The van der Waals surface area contributed by atoms with E-state index in [2.05, 4.69) is 51.1 Å². The van der Waals surface area contributed by atoms with E-state index >= 15 is 0 Å². The lowest BCUT2D eigenvalue weighted by molar-refractivity contribution is -0.152. The van der Waals surface area contributed by atoms with E-state index in [0.717, 1.165) is 32.1 Å². The van der Waals surface area contributed by atoms with Crippen molar-refractivity contribution in [1.82, 2.24) is 0 Å². The van der Waals surface area contributed by atoms with Crippen molar-refractivity contribution in [3.63, 3.8) is 0 Å². The van der Waals surface area contributed by atoms with Crippen LogP contribution in [0.2, 0.25) is 0 Å². The van der Waals surface area contributed by atoms with Gasteiger partial charge in [0, 0.05) is 24.2 Å². The first-order valence-electron chi connectivity index (χ1n) is 12.8. The number of ether oxygens (including phenoxy) is 1. The fourth-order valence-corrected chi connectivity index (χ4v) is 8.12. The molecule has 1 aromatic carbocycles. The Morgan fingerprint density at radius 2 is 1.82 bits per heavy atom. The predicted molar refractivity (Wildman–Crippen MR) is 131 cm³/mol. The summed E-state index contributed by atoms with van der Waals surface area (Å²) in [6, 6.07) is 10.4. The van der Waals surface area contributed by atoms with E-state index in [0.29, 0.717) is 18.3 Å². The lowest BCUT2D eigenvalue weighted by Crippen LogP contribution is -2.51. The molecule has 5 rings (SSSR count). The summed E-state index contributed by atoms with van der Waals surface area (Å²) in [7, 11) is 0. The van der Waals surface area contributed by atoms with Crippen LogP contribution in [-0.4, -0.2) is 24.1 Å². The number of Topliss-reactive ketones (excluding diaryl/α,β-unsaturated/α-hetero) is 1. The standard InChI is InChI=1S/C30H36O4/c1-19(31)34-18-27(33)30(4)25(20-8-6-5-7-9-20)17-26-23-11-10-21-16-22(32)12-14-28(21,2)24(23)13-15-29(26,30)3/h5-9,13,16,23,25-26H,10-12,14-15,17-18H2,1-4H3/t23?,25-,26?,28-,29-,30+/m0/s1. The molecule has 2 fully saturated rings. The summed E-state index contributed by atoms with van der Waals surface area (Å²) in [4.78, 5) is 37.6. The zero-order valence-corrected chi connectivity index (χ0v) is 20.9. The number of hydrogen-bond acceptors (Lipinski definition) is 4. The molecule has 180 valence electrons. The third-order valence-electron chi connectivity index (χ3n) is 10.3. The Morgan fingerprint density at radius 3 is 2.53 bits per heavy atom. The summed E-state index contributed by atoms with van der Waals surface area (Å²) in [5.74, 6) is 0.760. The molecule has 6 atom stereocenters. The smallest absolute Gasteiger partial charge is 0.303 e. The van der Waals surface area contributed by atoms with E-state index < -0.39 is 11.4 Å². The molecule has 0 amide bonds. The number of allylic oxidation sites excluding steroid dienone is 4. The van der Waals surface area contributed by atoms with Gasteiger partial charge >= 0.3 is 5.97 Å². The molecule has 0 bridgehead atoms. The number of fused-ring (bicyclic) bond motifs is 5. The number of carbonyl (C=O) groups excluding carboxylic acids is 3. The van der Waals surface area contributed by atoms with Gasteiger partial charge in [0.1, 0.15) is 0 Å². The number of benzene rings is 1. The topological polar surface area (TPSA) is 60.4 Å². The average Bonchev–Trinajstić information content (AvgIpc) is 3.07. The Morgan fingerprint density at radius 1 is 1.09 bits per heavy atom. The molecule has 0 aliphatic heterocycles. The minimum atomic E-state index is -0.629. The third-order valence-corrected chi connectivity index (χ3v) is 10.3. The fraction of sp³-hybridized carbons (Fsp3) is 0.567. The van der Waals surface area contributed by atoms with E-state index in [1.165, 1.54) is 23.6 Å². The maximum Gasteiger partial charge on any atom is 0.303 e. The van der Waals surface area contributed by atoms with Crippen molar-refractivity contribution in [3.8, 4) is 0 Å². The molecule has 0 aromatic heterocycles. The second-order valence-corrected chi connectivity index (χ2v) is 11.6. The number of ketones is 2. The second kappa shape index (κ2) is 8.03. The maximum absolute atomic E-state index is 13.9. The summed E-state index contributed by atoms with van der Waals surface area (Å²) in [5, 5.41) is 0. The second-order valence-electron chi connectivity index (χ2n) is 11.6. The van der Waals surface area contributed by atoms with Crippen LogP contribution in [0, 0.1) is 28.1 Å². The highest BCUT2D eigenvalue weighted by molar-refractivity contribution is 5.92. The first kappa shape index (κ1) is 23.3. The van der Waals surface area contributed by atoms with Gasteiger partial charge in [0.15, 0.2) is 18.2 Å². The van der Waals surface area contributed by atoms with Crippen molar-refractivity contribution in [2.75, 3.05) is 6.61 Å². The van der Waals surface area contributed by atoms with Gasteiger partial charge in [-0.2, -0.15) is 0 Å². The Balaban J connectivity index is 1.58. The quantitative estimate of drug-likeness (QED) is 0.410. The van der Waals surface area contributed by atoms with Crippen LogP contribution in [0.3, 0.4) is 0 Å². The van der Waals surface area contributed by atoms with Crippen molar-refractivity contribution in [1.29, 1.82) is 0 Å². The van der Waals surface area contributed by atoms with Gasteiger partial charge in [0.05, 0.1) is 0 Å². The SMILES string of the molecule is CC(=O)OCC(=O)[C@@]1(C)[C@H](c2ccccc2)CC2C3CCC4=CC(=O)CC[C@]4(C)C3=CC[C@@]21C. The molecular formula is C30H36O4. The number of esters is 1. The lowest BCUT2D eigenvalue weighted by Gasteiger charge is -2.55. The number of carbonyl (C=O) groups is 3. The van der Waals surface area contributed by atoms with Crippen LogP contribution in [0.1, 0.15) is 77.7 Å². The Bertz CT molecular complexity index is 1100. The Hall–Kier alpha value is -2.49. The summed E-state index contributed by atoms with van der Waals surface area (Å²) < 4.78 is 5.25. The van der Waals surface area contributed by atoms with Gasteiger partial charge in [-0.05, 0) is 66.9 Å². The van der Waals surface area contributed by atoms with Crippen LogP contribution in [0.25, 0.3) is 0 Å². The maximum atomic E-state index is 13.9. The highest BCUT2D eigenvalue weighted by Crippen LogP contribution is 2.71. The van der Waals surface area contributed by atoms with Crippen molar-refractivity contribution in [2.24, 2.45) is 28.1 Å². The Kier molecular flexibility index (Phi) is 5.50. The van der Waals surface area contributed by atoms with Crippen molar-refractivity contribution >= 4 is 17.5 Å². The van der Waals surface area contributed by atoms with Crippen LogP contribution < -0.4 is 0 Å². The van der Waals surface area contributed by atoms with Crippen LogP contribution in [0.4, 0.5) is 0 Å². The first-order chi connectivity index (χ1) is 16.1. The summed E-state index contributed by atoms with van der Waals surface area (Å²) >= 11 is 0. The third kappa shape index (κ3) is 3.21. The molecule has 34 heavy (non-hydrogen) atoms. The predicted octanol–water partition coefficient (Wildman–Crippen LogP) is 5.97. The lowest BCUT2D eigenvalue weighted by atomic mass is 9.48. The molecule has 2 saturated carbocycles. The largest absolute Gasteiger partial charge is 0.458 e. The van der Waals surface area contributed by atoms with Crippen LogP contribution >= 0.6 is 0 Å². The van der Waals surface area contributed by atoms with Gasteiger partial charge in [0.2, 0.25) is 0 Å². The van der Waals surface area contributed by atoms with Crippen molar-refractivity contribution in [2.45, 2.75) is 72.1 Å². The minimum absolute atomic E-state index is 0.0266. The van der Waals surface area contributed by atoms with E-state index in [9.17, 15) is 14.4 Å². The molecule has 0 saturated heterocycles. The highest BCUT2D eigenvalue weighted by Gasteiger charge is 2.66. The monoisotopic (exact) mass is 460 g/mol. The zero-order valence-electron chi connectivity index (χ0n) is 20.9. The molecule has 0 N–H and O–H groups in total. The molecule has 1 aromatic rings. The highest BCUT2D eigenvalue weighted by atomic mass is 16.5. The molecule has 4 aliphatic rings. The molecule has 4 nitrogen and oxygen atoms in total. The molecule has 0 spiro atoms. The van der Waals surface area contributed by atoms with E-state index in [-0.39, 0.29) is 34.9 Å². The average molecular weight is 461 g/mol. The van der Waals surface area contributed by atoms with Gasteiger partial charge in [-0.25, -0.2) is 0 Å². The molecule has 4 heteroatoms. The van der Waals surface area contributed by atoms with E-state index in [1.54, 1.807) is 0 Å².